The van der Waals surface area contributed by atoms with Gasteiger partial charge in [-0.1, -0.05) is 26.2 Å². The zero-order valence-corrected chi connectivity index (χ0v) is 11.0. The van der Waals surface area contributed by atoms with Gasteiger partial charge in [-0.2, -0.15) is 5.26 Å². The highest BCUT2D eigenvalue weighted by Gasteiger charge is 2.22. The second-order valence-electron chi connectivity index (χ2n) is 5.36. The van der Waals surface area contributed by atoms with E-state index in [4.69, 9.17) is 10.4 Å². The van der Waals surface area contributed by atoms with Crippen molar-refractivity contribution < 1.29 is 5.11 Å². The first kappa shape index (κ1) is 14.5. The van der Waals surface area contributed by atoms with Gasteiger partial charge in [-0.25, -0.2) is 0 Å². The molecule has 3 heteroatoms. The van der Waals surface area contributed by atoms with Gasteiger partial charge in [0.05, 0.1) is 12.0 Å². The van der Waals surface area contributed by atoms with E-state index in [1.54, 1.807) is 0 Å². The summed E-state index contributed by atoms with van der Waals surface area (Å²) in [7, 11) is 0. The first-order valence-electron chi connectivity index (χ1n) is 7.01. The molecule has 3 unspecified atom stereocenters. The van der Waals surface area contributed by atoms with Crippen LogP contribution in [-0.2, 0) is 0 Å². The molecule has 0 aliphatic heterocycles. The van der Waals surface area contributed by atoms with Gasteiger partial charge in [0.2, 0.25) is 0 Å². The molecule has 1 saturated carbocycles. The summed E-state index contributed by atoms with van der Waals surface area (Å²) in [5, 5.41) is 21.6. The number of aliphatic hydroxyl groups excluding tert-OH is 1. The Morgan fingerprint density at radius 3 is 2.82 bits per heavy atom. The molecule has 17 heavy (non-hydrogen) atoms. The molecule has 0 amide bonds. The Morgan fingerprint density at radius 2 is 2.12 bits per heavy atom. The summed E-state index contributed by atoms with van der Waals surface area (Å²) in [4.78, 5) is 0. The summed E-state index contributed by atoms with van der Waals surface area (Å²) in [5.41, 5.74) is 0. The first-order chi connectivity index (χ1) is 8.27. The molecule has 0 heterocycles. The summed E-state index contributed by atoms with van der Waals surface area (Å²) < 4.78 is 0. The van der Waals surface area contributed by atoms with Crippen LogP contribution in [0.15, 0.2) is 0 Å². The monoisotopic (exact) mass is 238 g/mol. The number of nitrogens with zero attached hydrogens (tertiary/aromatic N) is 1. The Hall–Kier alpha value is -0.590. The Kier molecular flexibility index (Phi) is 7.23. The highest BCUT2D eigenvalue weighted by atomic mass is 16.3. The molecule has 1 aliphatic carbocycles. The maximum absolute atomic E-state index is 9.15. The van der Waals surface area contributed by atoms with Crippen molar-refractivity contribution in [3.05, 3.63) is 0 Å². The van der Waals surface area contributed by atoms with Gasteiger partial charge < -0.3 is 10.4 Å². The van der Waals surface area contributed by atoms with Gasteiger partial charge in [0.15, 0.2) is 0 Å². The lowest BCUT2D eigenvalue weighted by Crippen LogP contribution is -2.35. The summed E-state index contributed by atoms with van der Waals surface area (Å²) >= 11 is 0. The van der Waals surface area contributed by atoms with E-state index in [1.165, 1.54) is 19.3 Å². The number of nitrogens with one attached hydrogen (secondary N) is 1. The van der Waals surface area contributed by atoms with Crippen molar-refractivity contribution >= 4 is 0 Å². The van der Waals surface area contributed by atoms with Gasteiger partial charge in [-0.15, -0.1) is 0 Å². The van der Waals surface area contributed by atoms with Crippen LogP contribution in [0.1, 0.15) is 51.9 Å². The van der Waals surface area contributed by atoms with E-state index in [0.29, 0.717) is 12.0 Å². The van der Waals surface area contributed by atoms with Gasteiger partial charge in [0.1, 0.15) is 0 Å². The average Bonchev–Trinajstić information content (AvgIpc) is 2.59. The highest BCUT2D eigenvalue weighted by molar-refractivity contribution is 4.93. The van der Waals surface area contributed by atoms with Crippen molar-refractivity contribution in [2.24, 2.45) is 11.8 Å². The average molecular weight is 238 g/mol. The molecule has 1 aliphatic rings. The molecule has 0 bridgehead atoms. The van der Waals surface area contributed by atoms with Crippen molar-refractivity contribution in [3.8, 4) is 6.07 Å². The van der Waals surface area contributed by atoms with Crippen LogP contribution in [-0.4, -0.2) is 24.3 Å². The standard InChI is InChI=1S/C14H26N2O/c1-12(11-17)6-5-9-16-14-8-4-2-3-7-13(14)10-15/h12-14,16-17H,2-9,11H2,1H3. The normalized spacial score (nSPS) is 27.1. The predicted molar refractivity (Wildman–Crippen MR) is 69.5 cm³/mol. The number of rotatable bonds is 6. The molecular weight excluding hydrogens is 212 g/mol. The van der Waals surface area contributed by atoms with E-state index in [0.717, 1.165) is 32.2 Å². The molecule has 3 nitrogen and oxygen atoms in total. The lowest BCUT2D eigenvalue weighted by molar-refractivity contribution is 0.227. The molecular formula is C14H26N2O. The smallest absolute Gasteiger partial charge is 0.0672 e. The fourth-order valence-electron chi connectivity index (χ4n) is 2.54. The van der Waals surface area contributed by atoms with Crippen molar-refractivity contribution in [3.63, 3.8) is 0 Å². The van der Waals surface area contributed by atoms with E-state index in [9.17, 15) is 0 Å². The van der Waals surface area contributed by atoms with Crippen LogP contribution in [0.3, 0.4) is 0 Å². The molecule has 0 spiro atoms. The van der Waals surface area contributed by atoms with Gasteiger partial charge >= 0.3 is 0 Å². The molecule has 2 N–H and O–H groups in total. The maximum Gasteiger partial charge on any atom is 0.0672 e. The minimum Gasteiger partial charge on any atom is -0.396 e. The minimum absolute atomic E-state index is 0.202. The lowest BCUT2D eigenvalue weighted by Gasteiger charge is -2.21. The van der Waals surface area contributed by atoms with E-state index in [2.05, 4.69) is 18.3 Å². The highest BCUT2D eigenvalue weighted by Crippen LogP contribution is 2.22. The van der Waals surface area contributed by atoms with Crippen LogP contribution in [0.4, 0.5) is 0 Å². The minimum atomic E-state index is 0.202. The molecule has 0 aromatic carbocycles. The fourth-order valence-corrected chi connectivity index (χ4v) is 2.54. The first-order valence-corrected chi connectivity index (χ1v) is 7.01. The third-order valence-corrected chi connectivity index (χ3v) is 3.77. The quantitative estimate of drug-likeness (QED) is 0.552. The summed E-state index contributed by atoms with van der Waals surface area (Å²) in [6, 6.07) is 2.85. The molecule has 0 saturated heterocycles. The summed E-state index contributed by atoms with van der Waals surface area (Å²) in [6.07, 6.45) is 8.09. The maximum atomic E-state index is 9.15. The molecule has 1 fully saturated rings. The van der Waals surface area contributed by atoms with Crippen LogP contribution < -0.4 is 5.32 Å². The van der Waals surface area contributed by atoms with Gasteiger partial charge in [0.25, 0.3) is 0 Å². The molecule has 1 rings (SSSR count). The van der Waals surface area contributed by atoms with Gasteiger partial charge in [-0.05, 0) is 38.1 Å². The fraction of sp³-hybridized carbons (Fsp3) is 0.929. The molecule has 0 aromatic heterocycles. The van der Waals surface area contributed by atoms with Crippen LogP contribution in [0, 0.1) is 23.2 Å². The van der Waals surface area contributed by atoms with Crippen LogP contribution in [0.5, 0.6) is 0 Å². The number of aliphatic hydroxyl groups is 1. The number of hydrogen-bond acceptors (Lipinski definition) is 3. The molecule has 0 radical (unpaired) electrons. The molecule has 98 valence electrons. The number of hydrogen-bond donors (Lipinski definition) is 2. The predicted octanol–water partition coefficient (Wildman–Crippen LogP) is 2.46. The van der Waals surface area contributed by atoms with Crippen molar-refractivity contribution in [1.29, 1.82) is 5.26 Å². The topological polar surface area (TPSA) is 56.0 Å². The Bertz CT molecular complexity index is 237. The summed E-state index contributed by atoms with van der Waals surface area (Å²) in [6.45, 7) is 3.33. The Labute approximate surface area is 105 Å². The van der Waals surface area contributed by atoms with Crippen molar-refractivity contribution in [2.75, 3.05) is 13.2 Å². The largest absolute Gasteiger partial charge is 0.396 e. The van der Waals surface area contributed by atoms with Crippen LogP contribution >= 0.6 is 0 Å². The Balaban J connectivity index is 2.21. The van der Waals surface area contributed by atoms with Crippen LogP contribution in [0.2, 0.25) is 0 Å². The Morgan fingerprint density at radius 1 is 1.35 bits per heavy atom. The van der Waals surface area contributed by atoms with Crippen molar-refractivity contribution in [2.45, 2.75) is 57.9 Å². The van der Waals surface area contributed by atoms with E-state index in [1.807, 2.05) is 0 Å². The second-order valence-corrected chi connectivity index (χ2v) is 5.36. The van der Waals surface area contributed by atoms with Crippen molar-refractivity contribution in [1.82, 2.24) is 5.32 Å². The van der Waals surface area contributed by atoms with Gasteiger partial charge in [0, 0.05) is 12.6 Å². The number of nitriles is 1. The van der Waals surface area contributed by atoms with E-state index in [-0.39, 0.29) is 12.5 Å². The lowest BCUT2D eigenvalue weighted by atomic mass is 9.96. The van der Waals surface area contributed by atoms with Gasteiger partial charge in [-0.3, -0.25) is 0 Å². The van der Waals surface area contributed by atoms with E-state index >= 15 is 0 Å². The third-order valence-electron chi connectivity index (χ3n) is 3.77. The third kappa shape index (κ3) is 5.52. The zero-order valence-electron chi connectivity index (χ0n) is 11.0. The zero-order chi connectivity index (χ0) is 12.5. The molecule has 3 atom stereocenters. The second kappa shape index (κ2) is 8.49. The SMILES string of the molecule is CC(CO)CCCNC1CCCCCC1C#N. The van der Waals surface area contributed by atoms with Crippen LogP contribution in [0.25, 0.3) is 0 Å². The van der Waals surface area contributed by atoms with E-state index < -0.39 is 0 Å². The summed E-state index contributed by atoms with van der Waals surface area (Å²) in [5.74, 6) is 0.602. The molecule has 0 aromatic rings.